The van der Waals surface area contributed by atoms with Crippen LogP contribution < -0.4 is 10.1 Å². The summed E-state index contributed by atoms with van der Waals surface area (Å²) in [5.41, 5.74) is 1.20. The zero-order chi connectivity index (χ0) is 10.5. The van der Waals surface area contributed by atoms with Crippen LogP contribution in [0.2, 0.25) is 0 Å². The van der Waals surface area contributed by atoms with Crippen molar-refractivity contribution in [3.8, 4) is 5.88 Å². The molecule has 0 radical (unpaired) electrons. The first-order valence-corrected chi connectivity index (χ1v) is 5.28. The number of aromatic nitrogens is 1. The van der Waals surface area contributed by atoms with Gasteiger partial charge in [0.05, 0.1) is 13.2 Å². The maximum Gasteiger partial charge on any atom is 0.213 e. The molecule has 1 aliphatic rings. The van der Waals surface area contributed by atoms with Crippen molar-refractivity contribution in [2.45, 2.75) is 19.6 Å². The third kappa shape index (κ3) is 2.91. The molecule has 4 nitrogen and oxygen atoms in total. The zero-order valence-electron chi connectivity index (χ0n) is 8.90. The maximum atomic E-state index is 5.61. The van der Waals surface area contributed by atoms with Gasteiger partial charge in [-0.05, 0) is 18.2 Å². The van der Waals surface area contributed by atoms with Crippen molar-refractivity contribution >= 4 is 0 Å². The Kier molecular flexibility index (Phi) is 3.53. The van der Waals surface area contributed by atoms with E-state index in [1.807, 2.05) is 12.1 Å². The predicted octanol–water partition coefficient (Wildman–Crippen LogP) is 0.969. The summed E-state index contributed by atoms with van der Waals surface area (Å²) in [6.45, 7) is 5.27. The highest BCUT2D eigenvalue weighted by Gasteiger charge is 2.20. The van der Waals surface area contributed by atoms with Crippen molar-refractivity contribution in [2.24, 2.45) is 0 Å². The van der Waals surface area contributed by atoms with E-state index < -0.39 is 0 Å². The summed E-state index contributed by atoms with van der Waals surface area (Å²) in [4.78, 5) is 4.16. The quantitative estimate of drug-likeness (QED) is 0.783. The molecule has 1 aromatic rings. The maximum absolute atomic E-state index is 5.61. The van der Waals surface area contributed by atoms with E-state index in [0.717, 1.165) is 13.1 Å². The third-order valence-electron chi connectivity index (χ3n) is 2.27. The van der Waals surface area contributed by atoms with Gasteiger partial charge in [0.25, 0.3) is 0 Å². The number of pyridine rings is 1. The zero-order valence-corrected chi connectivity index (χ0v) is 8.90. The number of nitrogens with one attached hydrogen (secondary N) is 1. The molecule has 1 fully saturated rings. The lowest BCUT2D eigenvalue weighted by Crippen LogP contribution is -2.38. The standard InChI is InChI=1S/C11H16N2O2/c1-2-12-6-9-3-4-13-11(5-9)15-10-7-14-8-10/h3-5,10,12H,2,6-8H2,1H3. The van der Waals surface area contributed by atoms with E-state index in [-0.39, 0.29) is 6.10 Å². The van der Waals surface area contributed by atoms with Crippen LogP contribution in [0.1, 0.15) is 12.5 Å². The van der Waals surface area contributed by atoms with Crippen LogP contribution in [0, 0.1) is 0 Å². The summed E-state index contributed by atoms with van der Waals surface area (Å²) in [5, 5.41) is 3.27. The van der Waals surface area contributed by atoms with E-state index in [1.165, 1.54) is 5.56 Å². The Hall–Kier alpha value is -1.13. The second-order valence-corrected chi connectivity index (χ2v) is 3.56. The molecule has 0 bridgehead atoms. The van der Waals surface area contributed by atoms with Crippen LogP contribution in [0.5, 0.6) is 5.88 Å². The average Bonchev–Trinajstić information content (AvgIpc) is 2.21. The third-order valence-corrected chi connectivity index (χ3v) is 2.27. The predicted molar refractivity (Wildman–Crippen MR) is 56.9 cm³/mol. The van der Waals surface area contributed by atoms with Crippen molar-refractivity contribution in [1.29, 1.82) is 0 Å². The summed E-state index contributed by atoms with van der Waals surface area (Å²) < 4.78 is 10.6. The molecule has 0 amide bonds. The van der Waals surface area contributed by atoms with Gasteiger partial charge in [-0.1, -0.05) is 6.92 Å². The molecule has 1 aliphatic heterocycles. The van der Waals surface area contributed by atoms with E-state index in [4.69, 9.17) is 9.47 Å². The lowest BCUT2D eigenvalue weighted by molar-refractivity contribution is -0.0813. The summed E-state index contributed by atoms with van der Waals surface area (Å²) in [7, 11) is 0. The number of nitrogens with zero attached hydrogens (tertiary/aromatic N) is 1. The molecule has 1 N–H and O–H groups in total. The van der Waals surface area contributed by atoms with Gasteiger partial charge < -0.3 is 14.8 Å². The van der Waals surface area contributed by atoms with Gasteiger partial charge in [-0.2, -0.15) is 0 Å². The molecule has 1 aromatic heterocycles. The Morgan fingerprint density at radius 1 is 1.60 bits per heavy atom. The molecule has 1 saturated heterocycles. The van der Waals surface area contributed by atoms with Gasteiger partial charge in [0, 0.05) is 18.8 Å². The molecule has 0 aliphatic carbocycles. The van der Waals surface area contributed by atoms with Crippen LogP contribution in [0.3, 0.4) is 0 Å². The van der Waals surface area contributed by atoms with Crippen LogP contribution in [-0.2, 0) is 11.3 Å². The monoisotopic (exact) mass is 208 g/mol. The van der Waals surface area contributed by atoms with Crippen molar-refractivity contribution in [1.82, 2.24) is 10.3 Å². The molecule has 0 atom stereocenters. The lowest BCUT2D eigenvalue weighted by atomic mass is 10.2. The highest BCUT2D eigenvalue weighted by atomic mass is 16.6. The molecule has 82 valence electrons. The van der Waals surface area contributed by atoms with Gasteiger partial charge in [0.1, 0.15) is 6.10 Å². The summed E-state index contributed by atoms with van der Waals surface area (Å²) in [6.07, 6.45) is 1.97. The van der Waals surface area contributed by atoms with E-state index in [1.54, 1.807) is 6.20 Å². The van der Waals surface area contributed by atoms with Gasteiger partial charge >= 0.3 is 0 Å². The molecule has 0 saturated carbocycles. The van der Waals surface area contributed by atoms with E-state index in [9.17, 15) is 0 Å². The molecular weight excluding hydrogens is 192 g/mol. The molecule has 2 rings (SSSR count). The van der Waals surface area contributed by atoms with Gasteiger partial charge in [0.2, 0.25) is 5.88 Å². The van der Waals surface area contributed by atoms with Crippen molar-refractivity contribution in [3.05, 3.63) is 23.9 Å². The SMILES string of the molecule is CCNCc1ccnc(OC2COC2)c1. The van der Waals surface area contributed by atoms with Gasteiger partial charge in [-0.3, -0.25) is 0 Å². The average molecular weight is 208 g/mol. The number of rotatable bonds is 5. The number of hydrogen-bond donors (Lipinski definition) is 1. The summed E-state index contributed by atoms with van der Waals surface area (Å²) in [5.74, 6) is 0.693. The van der Waals surface area contributed by atoms with E-state index in [0.29, 0.717) is 19.1 Å². The lowest BCUT2D eigenvalue weighted by Gasteiger charge is -2.26. The fraction of sp³-hybridized carbons (Fsp3) is 0.545. The highest BCUT2D eigenvalue weighted by molar-refractivity contribution is 5.20. The Labute approximate surface area is 89.6 Å². The first-order valence-electron chi connectivity index (χ1n) is 5.28. The van der Waals surface area contributed by atoms with Crippen LogP contribution in [-0.4, -0.2) is 30.8 Å². The smallest absolute Gasteiger partial charge is 0.213 e. The molecule has 2 heterocycles. The Bertz CT molecular complexity index is 313. The van der Waals surface area contributed by atoms with Crippen molar-refractivity contribution in [3.63, 3.8) is 0 Å². The molecule has 0 aromatic carbocycles. The molecule has 4 heteroatoms. The van der Waals surface area contributed by atoms with Gasteiger partial charge in [-0.15, -0.1) is 0 Å². The Morgan fingerprint density at radius 3 is 3.13 bits per heavy atom. The topological polar surface area (TPSA) is 43.4 Å². The minimum absolute atomic E-state index is 0.187. The fourth-order valence-electron chi connectivity index (χ4n) is 1.35. The first kappa shape index (κ1) is 10.4. The van der Waals surface area contributed by atoms with E-state index in [2.05, 4.69) is 17.2 Å². The number of hydrogen-bond acceptors (Lipinski definition) is 4. The van der Waals surface area contributed by atoms with Crippen LogP contribution in [0.25, 0.3) is 0 Å². The second-order valence-electron chi connectivity index (χ2n) is 3.56. The summed E-state index contributed by atoms with van der Waals surface area (Å²) >= 11 is 0. The largest absolute Gasteiger partial charge is 0.469 e. The number of ether oxygens (including phenoxy) is 2. The fourth-order valence-corrected chi connectivity index (χ4v) is 1.35. The molecular formula is C11H16N2O2. The Balaban J connectivity index is 1.92. The summed E-state index contributed by atoms with van der Waals surface area (Å²) in [6, 6.07) is 3.97. The highest BCUT2D eigenvalue weighted by Crippen LogP contribution is 2.14. The second kappa shape index (κ2) is 5.09. The van der Waals surface area contributed by atoms with Crippen molar-refractivity contribution in [2.75, 3.05) is 19.8 Å². The Morgan fingerprint density at radius 2 is 2.47 bits per heavy atom. The minimum Gasteiger partial charge on any atom is -0.469 e. The van der Waals surface area contributed by atoms with Gasteiger partial charge in [0.15, 0.2) is 0 Å². The van der Waals surface area contributed by atoms with Gasteiger partial charge in [-0.25, -0.2) is 4.98 Å². The molecule has 0 unspecified atom stereocenters. The van der Waals surface area contributed by atoms with E-state index >= 15 is 0 Å². The minimum atomic E-state index is 0.187. The first-order chi connectivity index (χ1) is 7.38. The molecule has 15 heavy (non-hydrogen) atoms. The van der Waals surface area contributed by atoms with Crippen LogP contribution in [0.4, 0.5) is 0 Å². The van der Waals surface area contributed by atoms with Crippen LogP contribution >= 0.6 is 0 Å². The van der Waals surface area contributed by atoms with Crippen molar-refractivity contribution < 1.29 is 9.47 Å². The van der Waals surface area contributed by atoms with Crippen LogP contribution in [0.15, 0.2) is 18.3 Å². The molecule has 0 spiro atoms. The normalized spacial score (nSPS) is 16.1.